The lowest BCUT2D eigenvalue weighted by Gasteiger charge is -2.31. The molecule has 8 rings (SSSR count). The molecule has 0 heterocycles. The molecule has 51 heavy (non-hydrogen) atoms. The van der Waals surface area contributed by atoms with Crippen molar-refractivity contribution in [2.24, 2.45) is 0 Å². The lowest BCUT2D eigenvalue weighted by atomic mass is 9.91. The van der Waals surface area contributed by atoms with Gasteiger partial charge in [-0.1, -0.05) is 89.5 Å². The first-order valence-corrected chi connectivity index (χ1v) is 17.7. The van der Waals surface area contributed by atoms with E-state index in [2.05, 4.69) is 174 Å². The third-order valence-electron chi connectivity index (χ3n) is 10.4. The van der Waals surface area contributed by atoms with Gasteiger partial charge >= 0.3 is 0 Å². The summed E-state index contributed by atoms with van der Waals surface area (Å²) >= 11 is 0. The average molecular weight is 660 g/mol. The highest BCUT2D eigenvalue weighted by atomic mass is 15.2. The Labute approximate surface area is 301 Å². The maximum absolute atomic E-state index is 9.69. The Morgan fingerprint density at radius 2 is 0.706 bits per heavy atom. The highest BCUT2D eigenvalue weighted by Gasteiger charge is 2.24. The molecule has 0 unspecified atom stereocenters. The highest BCUT2D eigenvalue weighted by Crippen LogP contribution is 2.49. The molecular formula is C48H41N3. The van der Waals surface area contributed by atoms with Crippen molar-refractivity contribution in [2.45, 2.75) is 48.5 Å². The number of hydrogen-bond acceptors (Lipinski definition) is 3. The topological polar surface area (TPSA) is 30.3 Å². The highest BCUT2D eigenvalue weighted by molar-refractivity contribution is 6.28. The molecule has 0 bridgehead atoms. The number of aryl methyl sites for hydroxylation is 7. The smallest absolute Gasteiger partial charge is 0.0991 e. The quantitative estimate of drug-likeness (QED) is 0.166. The molecule has 0 fully saturated rings. The second-order valence-electron chi connectivity index (χ2n) is 14.2. The maximum Gasteiger partial charge on any atom is 0.0991 e. The Morgan fingerprint density at radius 3 is 1.06 bits per heavy atom. The molecule has 0 amide bonds. The minimum atomic E-state index is 0.664. The standard InChI is InChI=1S/C48H41N3/c1-29-8-18-41(32(4)24-29)50(42-19-9-30(2)25-33(42)5)45-22-14-37-13-17-40-46(23-15-38-12-16-39(45)47(37)48(38)40)51(43-20-10-31(3)26-34(43)6)44-21-11-36(28-49)27-35(44)7/h8-27H,1-7H3. The van der Waals surface area contributed by atoms with Gasteiger partial charge in [0.2, 0.25) is 0 Å². The summed E-state index contributed by atoms with van der Waals surface area (Å²) in [5.74, 6) is 0. The summed E-state index contributed by atoms with van der Waals surface area (Å²) < 4.78 is 0. The van der Waals surface area contributed by atoms with Gasteiger partial charge in [0.15, 0.2) is 0 Å². The number of benzene rings is 8. The van der Waals surface area contributed by atoms with Crippen LogP contribution in [0.25, 0.3) is 32.3 Å². The van der Waals surface area contributed by atoms with Gasteiger partial charge in [0.25, 0.3) is 0 Å². The van der Waals surface area contributed by atoms with Crippen molar-refractivity contribution in [3.63, 3.8) is 0 Å². The van der Waals surface area contributed by atoms with Crippen molar-refractivity contribution in [3.05, 3.63) is 166 Å². The second-order valence-corrected chi connectivity index (χ2v) is 14.2. The van der Waals surface area contributed by atoms with Gasteiger partial charge in [-0.2, -0.15) is 5.26 Å². The molecule has 0 saturated carbocycles. The maximum atomic E-state index is 9.69. The van der Waals surface area contributed by atoms with E-state index in [0.717, 1.165) is 28.3 Å². The molecule has 0 spiro atoms. The van der Waals surface area contributed by atoms with E-state index in [4.69, 9.17) is 0 Å². The Morgan fingerprint density at radius 1 is 0.373 bits per heavy atom. The van der Waals surface area contributed by atoms with Gasteiger partial charge in [0, 0.05) is 33.5 Å². The fourth-order valence-corrected chi connectivity index (χ4v) is 8.08. The zero-order valence-corrected chi connectivity index (χ0v) is 30.4. The average Bonchev–Trinajstić information content (AvgIpc) is 3.11. The first-order valence-electron chi connectivity index (χ1n) is 17.7. The Hall–Kier alpha value is -6.11. The number of hydrogen-bond donors (Lipinski definition) is 0. The monoisotopic (exact) mass is 659 g/mol. The van der Waals surface area contributed by atoms with E-state index < -0.39 is 0 Å². The molecule has 0 aliphatic carbocycles. The van der Waals surface area contributed by atoms with Crippen LogP contribution in [0, 0.1) is 59.8 Å². The van der Waals surface area contributed by atoms with Gasteiger partial charge in [0.05, 0.1) is 23.0 Å². The van der Waals surface area contributed by atoms with Crippen molar-refractivity contribution >= 4 is 66.4 Å². The normalized spacial score (nSPS) is 11.4. The molecule has 0 aromatic heterocycles. The van der Waals surface area contributed by atoms with Crippen LogP contribution in [0.2, 0.25) is 0 Å². The van der Waals surface area contributed by atoms with Crippen molar-refractivity contribution < 1.29 is 0 Å². The van der Waals surface area contributed by atoms with Crippen LogP contribution >= 0.6 is 0 Å². The molecule has 0 N–H and O–H groups in total. The van der Waals surface area contributed by atoms with Gasteiger partial charge in [0.1, 0.15) is 0 Å². The number of anilines is 6. The van der Waals surface area contributed by atoms with Crippen LogP contribution in [0.3, 0.4) is 0 Å². The van der Waals surface area contributed by atoms with Crippen LogP contribution in [0.4, 0.5) is 34.1 Å². The Balaban J connectivity index is 1.43. The van der Waals surface area contributed by atoms with Gasteiger partial charge < -0.3 is 9.80 Å². The predicted molar refractivity (Wildman–Crippen MR) is 217 cm³/mol. The minimum Gasteiger partial charge on any atom is -0.309 e. The molecule has 0 saturated heterocycles. The van der Waals surface area contributed by atoms with Crippen molar-refractivity contribution in [2.75, 3.05) is 9.80 Å². The van der Waals surface area contributed by atoms with Crippen LogP contribution in [0.15, 0.2) is 121 Å². The summed E-state index contributed by atoms with van der Waals surface area (Å²) in [6, 6.07) is 46.8. The summed E-state index contributed by atoms with van der Waals surface area (Å²) in [6.07, 6.45) is 0. The summed E-state index contributed by atoms with van der Waals surface area (Å²) in [5.41, 5.74) is 16.0. The van der Waals surface area contributed by atoms with Gasteiger partial charge in [-0.15, -0.1) is 0 Å². The van der Waals surface area contributed by atoms with Crippen LogP contribution in [-0.2, 0) is 0 Å². The molecule has 0 aliphatic heterocycles. The van der Waals surface area contributed by atoms with Crippen molar-refractivity contribution in [3.8, 4) is 6.07 Å². The molecular weight excluding hydrogens is 619 g/mol. The van der Waals surface area contributed by atoms with Crippen LogP contribution in [-0.4, -0.2) is 0 Å². The van der Waals surface area contributed by atoms with E-state index in [1.165, 1.54) is 77.1 Å². The Bertz CT molecular complexity index is 2640. The molecule has 248 valence electrons. The van der Waals surface area contributed by atoms with E-state index in [1.54, 1.807) is 0 Å². The fourth-order valence-electron chi connectivity index (χ4n) is 8.08. The number of rotatable bonds is 6. The van der Waals surface area contributed by atoms with Crippen molar-refractivity contribution in [1.29, 1.82) is 5.26 Å². The summed E-state index contributed by atoms with van der Waals surface area (Å²) in [4.78, 5) is 4.84. The molecule has 0 aliphatic rings. The second kappa shape index (κ2) is 12.3. The third-order valence-corrected chi connectivity index (χ3v) is 10.4. The van der Waals surface area contributed by atoms with E-state index in [9.17, 15) is 5.26 Å². The summed E-state index contributed by atoms with van der Waals surface area (Å²) in [5, 5.41) is 17.1. The van der Waals surface area contributed by atoms with Gasteiger partial charge in [-0.3, -0.25) is 0 Å². The zero-order valence-electron chi connectivity index (χ0n) is 30.4. The lowest BCUT2D eigenvalue weighted by molar-refractivity contribution is 1.22. The lowest BCUT2D eigenvalue weighted by Crippen LogP contribution is -2.14. The van der Waals surface area contributed by atoms with Gasteiger partial charge in [-0.05, 0) is 141 Å². The SMILES string of the molecule is Cc1ccc(N(c2ccc(C)cc2C)c2ccc3ccc4c(N(c5ccc(C)cc5C)c5ccc(C#N)cc5C)ccc5ccc2c3c54)c(C)c1. The Kier molecular flexibility index (Phi) is 7.77. The molecule has 0 radical (unpaired) electrons. The van der Waals surface area contributed by atoms with Crippen LogP contribution in [0.1, 0.15) is 44.5 Å². The van der Waals surface area contributed by atoms with Crippen LogP contribution < -0.4 is 9.80 Å². The molecule has 3 nitrogen and oxygen atoms in total. The van der Waals surface area contributed by atoms with Crippen LogP contribution in [0.5, 0.6) is 0 Å². The molecule has 8 aromatic carbocycles. The zero-order chi connectivity index (χ0) is 35.6. The van der Waals surface area contributed by atoms with E-state index in [1.807, 2.05) is 12.1 Å². The third kappa shape index (κ3) is 5.36. The summed E-state index contributed by atoms with van der Waals surface area (Å²) in [7, 11) is 0. The predicted octanol–water partition coefficient (Wildman–Crippen LogP) is 13.6. The van der Waals surface area contributed by atoms with E-state index in [-0.39, 0.29) is 0 Å². The largest absolute Gasteiger partial charge is 0.309 e. The summed E-state index contributed by atoms with van der Waals surface area (Å²) in [6.45, 7) is 15.2. The first-order chi connectivity index (χ1) is 24.6. The van der Waals surface area contributed by atoms with Crippen molar-refractivity contribution in [1.82, 2.24) is 0 Å². The fraction of sp³-hybridized carbons (Fsp3) is 0.146. The number of nitrogens with zero attached hydrogens (tertiary/aromatic N) is 3. The van der Waals surface area contributed by atoms with E-state index >= 15 is 0 Å². The minimum absolute atomic E-state index is 0.664. The first kappa shape index (κ1) is 32.1. The number of nitriles is 1. The molecule has 8 aromatic rings. The molecule has 3 heteroatoms. The van der Waals surface area contributed by atoms with Gasteiger partial charge in [-0.25, -0.2) is 0 Å². The van der Waals surface area contributed by atoms with E-state index in [0.29, 0.717) is 5.56 Å². The molecule has 0 atom stereocenters.